The zero-order valence-electron chi connectivity index (χ0n) is 16.9. The molecule has 5 rings (SSSR count). The van der Waals surface area contributed by atoms with Crippen molar-refractivity contribution in [3.05, 3.63) is 78.1 Å². The van der Waals surface area contributed by atoms with Crippen LogP contribution in [0, 0.1) is 12.8 Å². The quantitative estimate of drug-likeness (QED) is 0.651. The Hall–Kier alpha value is -2.88. The van der Waals surface area contributed by atoms with Crippen LogP contribution in [-0.4, -0.2) is 33.4 Å². The van der Waals surface area contributed by atoms with E-state index >= 15 is 0 Å². The van der Waals surface area contributed by atoms with Gasteiger partial charge in [-0.25, -0.2) is 4.98 Å². The lowest BCUT2D eigenvalue weighted by Crippen LogP contribution is -2.38. The summed E-state index contributed by atoms with van der Waals surface area (Å²) < 4.78 is 2.32. The molecule has 1 amide bonds. The first-order valence-electron chi connectivity index (χ1n) is 10.6. The third-order valence-electron chi connectivity index (χ3n) is 6.59. The number of rotatable bonds is 5. The minimum atomic E-state index is -0.254. The maximum atomic E-state index is 13.3. The monoisotopic (exact) mass is 385 g/mol. The summed E-state index contributed by atoms with van der Waals surface area (Å²) in [7, 11) is 0. The molecule has 148 valence electrons. The fraction of sp³-hybridized carbons (Fsp3) is 0.360. The van der Waals surface area contributed by atoms with E-state index in [2.05, 4.69) is 57.8 Å². The van der Waals surface area contributed by atoms with Crippen LogP contribution < -0.4 is 0 Å². The molecule has 2 aliphatic rings. The molecular formula is C25H27N3O. The number of carbonyl (C=O) groups is 1. The van der Waals surface area contributed by atoms with Crippen LogP contribution in [0.1, 0.15) is 30.5 Å². The molecule has 1 saturated carbocycles. The number of benzene rings is 2. The van der Waals surface area contributed by atoms with Crippen molar-refractivity contribution >= 4 is 5.91 Å². The number of likely N-dealkylation sites (tertiary alicyclic amines) is 1. The Labute approximate surface area is 172 Å². The highest BCUT2D eigenvalue weighted by atomic mass is 16.2. The normalized spacial score (nSPS) is 20.0. The summed E-state index contributed by atoms with van der Waals surface area (Å²) in [4.78, 5) is 20.1. The predicted octanol–water partition coefficient (Wildman–Crippen LogP) is 4.44. The molecule has 0 radical (unpaired) electrons. The molecule has 0 N–H and O–H groups in total. The van der Waals surface area contributed by atoms with Gasteiger partial charge in [-0.15, -0.1) is 0 Å². The lowest BCUT2D eigenvalue weighted by molar-refractivity contribution is -0.133. The van der Waals surface area contributed by atoms with Crippen molar-refractivity contribution in [1.82, 2.24) is 14.5 Å². The summed E-state index contributed by atoms with van der Waals surface area (Å²) in [6.07, 6.45) is 4.98. The van der Waals surface area contributed by atoms with Gasteiger partial charge in [0.05, 0.1) is 5.41 Å². The number of imidazole rings is 1. The SMILES string of the molecule is Cc1cnc(-c2ccccc2)n1CC1CCN(C(=O)C2(c3ccccc3)CC2)C1. The second-order valence-electron chi connectivity index (χ2n) is 8.55. The van der Waals surface area contributed by atoms with Gasteiger partial charge in [-0.2, -0.15) is 0 Å². The molecule has 1 aliphatic heterocycles. The molecular weight excluding hydrogens is 358 g/mol. The molecule has 2 heterocycles. The number of hydrogen-bond donors (Lipinski definition) is 0. The van der Waals surface area contributed by atoms with Gasteiger partial charge < -0.3 is 9.47 Å². The molecule has 2 fully saturated rings. The van der Waals surface area contributed by atoms with Crippen LogP contribution in [0.15, 0.2) is 66.9 Å². The summed E-state index contributed by atoms with van der Waals surface area (Å²) in [5.41, 5.74) is 3.25. The van der Waals surface area contributed by atoms with Gasteiger partial charge in [-0.05, 0) is 37.7 Å². The maximum absolute atomic E-state index is 13.3. The van der Waals surface area contributed by atoms with E-state index in [4.69, 9.17) is 0 Å². The maximum Gasteiger partial charge on any atom is 0.233 e. The molecule has 3 aromatic rings. The number of hydrogen-bond acceptors (Lipinski definition) is 2. The van der Waals surface area contributed by atoms with Crippen LogP contribution in [-0.2, 0) is 16.8 Å². The van der Waals surface area contributed by atoms with Crippen molar-refractivity contribution in [2.45, 2.75) is 38.1 Å². The molecule has 1 atom stereocenters. The van der Waals surface area contributed by atoms with E-state index < -0.39 is 0 Å². The number of amides is 1. The Morgan fingerprint density at radius 1 is 1.07 bits per heavy atom. The van der Waals surface area contributed by atoms with Gasteiger partial charge in [0.2, 0.25) is 5.91 Å². The first kappa shape index (κ1) is 18.2. The van der Waals surface area contributed by atoms with E-state index in [1.807, 2.05) is 30.5 Å². The highest BCUT2D eigenvalue weighted by Crippen LogP contribution is 2.50. The Bertz CT molecular complexity index is 1010. The number of carbonyl (C=O) groups excluding carboxylic acids is 1. The highest BCUT2D eigenvalue weighted by molar-refractivity contribution is 5.91. The van der Waals surface area contributed by atoms with Crippen LogP contribution in [0.4, 0.5) is 0 Å². The van der Waals surface area contributed by atoms with E-state index in [9.17, 15) is 4.79 Å². The van der Waals surface area contributed by atoms with Crippen LogP contribution in [0.25, 0.3) is 11.4 Å². The largest absolute Gasteiger partial charge is 0.342 e. The molecule has 29 heavy (non-hydrogen) atoms. The molecule has 0 spiro atoms. The van der Waals surface area contributed by atoms with E-state index in [1.165, 1.54) is 11.3 Å². The molecule has 4 heteroatoms. The second-order valence-corrected chi connectivity index (χ2v) is 8.55. The van der Waals surface area contributed by atoms with Gasteiger partial charge in [0.1, 0.15) is 5.82 Å². The van der Waals surface area contributed by atoms with E-state index in [-0.39, 0.29) is 5.41 Å². The molecule has 0 bridgehead atoms. The smallest absolute Gasteiger partial charge is 0.233 e. The van der Waals surface area contributed by atoms with Crippen molar-refractivity contribution in [2.24, 2.45) is 5.92 Å². The summed E-state index contributed by atoms with van der Waals surface area (Å²) in [6.45, 7) is 4.75. The third kappa shape index (κ3) is 3.27. The molecule has 1 unspecified atom stereocenters. The average molecular weight is 386 g/mol. The molecule has 1 saturated heterocycles. The lowest BCUT2D eigenvalue weighted by Gasteiger charge is -2.24. The molecule has 2 aromatic carbocycles. The van der Waals surface area contributed by atoms with Gasteiger partial charge in [-0.1, -0.05) is 60.7 Å². The van der Waals surface area contributed by atoms with E-state index in [0.29, 0.717) is 11.8 Å². The fourth-order valence-electron chi connectivity index (χ4n) is 4.74. The summed E-state index contributed by atoms with van der Waals surface area (Å²) >= 11 is 0. The minimum absolute atomic E-state index is 0.254. The van der Waals surface area contributed by atoms with Crippen LogP contribution in [0.3, 0.4) is 0 Å². The molecule has 1 aliphatic carbocycles. The standard InChI is InChI=1S/C25H27N3O/c1-19-16-26-23(21-8-4-2-5-9-21)28(19)18-20-12-15-27(17-20)24(29)25(13-14-25)22-10-6-3-7-11-22/h2-11,16,20H,12-15,17-18H2,1H3. The first-order chi connectivity index (χ1) is 14.2. The molecule has 4 nitrogen and oxygen atoms in total. The average Bonchev–Trinajstić information content (AvgIpc) is 3.32. The third-order valence-corrected chi connectivity index (χ3v) is 6.59. The Kier molecular flexibility index (Phi) is 4.50. The van der Waals surface area contributed by atoms with Gasteiger partial charge in [0, 0.05) is 37.1 Å². The lowest BCUT2D eigenvalue weighted by atomic mass is 9.94. The first-order valence-corrected chi connectivity index (χ1v) is 10.6. The summed E-state index contributed by atoms with van der Waals surface area (Å²) in [5, 5.41) is 0. The number of aromatic nitrogens is 2. The van der Waals surface area contributed by atoms with Crippen molar-refractivity contribution in [2.75, 3.05) is 13.1 Å². The summed E-state index contributed by atoms with van der Waals surface area (Å²) in [5.74, 6) is 1.83. The van der Waals surface area contributed by atoms with Gasteiger partial charge in [0.15, 0.2) is 0 Å². The zero-order valence-corrected chi connectivity index (χ0v) is 16.9. The van der Waals surface area contributed by atoms with Crippen molar-refractivity contribution in [3.8, 4) is 11.4 Å². The van der Waals surface area contributed by atoms with E-state index in [1.54, 1.807) is 0 Å². The Balaban J connectivity index is 1.30. The van der Waals surface area contributed by atoms with Crippen LogP contribution in [0.2, 0.25) is 0 Å². The number of nitrogens with zero attached hydrogens (tertiary/aromatic N) is 3. The van der Waals surface area contributed by atoms with Gasteiger partial charge in [0.25, 0.3) is 0 Å². The van der Waals surface area contributed by atoms with Gasteiger partial charge in [-0.3, -0.25) is 4.79 Å². The zero-order chi connectivity index (χ0) is 19.8. The fourth-order valence-corrected chi connectivity index (χ4v) is 4.74. The number of aryl methyl sites for hydroxylation is 1. The Morgan fingerprint density at radius 2 is 1.76 bits per heavy atom. The van der Waals surface area contributed by atoms with Crippen LogP contribution in [0.5, 0.6) is 0 Å². The second kappa shape index (κ2) is 7.18. The van der Waals surface area contributed by atoms with Gasteiger partial charge >= 0.3 is 0 Å². The van der Waals surface area contributed by atoms with Crippen molar-refractivity contribution < 1.29 is 4.79 Å². The van der Waals surface area contributed by atoms with Crippen molar-refractivity contribution in [1.29, 1.82) is 0 Å². The Morgan fingerprint density at radius 3 is 2.45 bits per heavy atom. The predicted molar refractivity (Wildman–Crippen MR) is 114 cm³/mol. The molecule has 1 aromatic heterocycles. The summed E-state index contributed by atoms with van der Waals surface area (Å²) in [6, 6.07) is 20.7. The minimum Gasteiger partial charge on any atom is -0.342 e. The topological polar surface area (TPSA) is 38.1 Å². The van der Waals surface area contributed by atoms with E-state index in [0.717, 1.165) is 50.3 Å². The van der Waals surface area contributed by atoms with Crippen LogP contribution >= 0.6 is 0 Å². The highest BCUT2D eigenvalue weighted by Gasteiger charge is 2.53. The van der Waals surface area contributed by atoms with Crippen molar-refractivity contribution in [3.63, 3.8) is 0 Å².